The third-order valence-electron chi connectivity index (χ3n) is 3.65. The van der Waals surface area contributed by atoms with Gasteiger partial charge in [-0.3, -0.25) is 14.4 Å². The number of carboxylic acids is 1. The fourth-order valence-corrected chi connectivity index (χ4v) is 2.58. The molecule has 2 heterocycles. The number of hydrogen-bond donors (Lipinski definition) is 2. The molecule has 0 aromatic heterocycles. The van der Waals surface area contributed by atoms with Gasteiger partial charge in [-0.2, -0.15) is 0 Å². The van der Waals surface area contributed by atoms with E-state index in [4.69, 9.17) is 5.11 Å². The highest BCUT2D eigenvalue weighted by molar-refractivity contribution is 5.91. The highest BCUT2D eigenvalue weighted by Crippen LogP contribution is 2.26. The van der Waals surface area contributed by atoms with Gasteiger partial charge in [-0.1, -0.05) is 0 Å². The molecule has 0 radical (unpaired) electrons. The summed E-state index contributed by atoms with van der Waals surface area (Å²) in [6.07, 6.45) is 1.38. The lowest BCUT2D eigenvalue weighted by Gasteiger charge is -2.26. The molecule has 0 aromatic carbocycles. The van der Waals surface area contributed by atoms with Crippen LogP contribution in [-0.4, -0.2) is 46.4 Å². The Balaban J connectivity index is 2.01. The number of aliphatic carboxylic acids is 1. The second-order valence-corrected chi connectivity index (χ2v) is 4.66. The van der Waals surface area contributed by atoms with Gasteiger partial charge in [0.05, 0.1) is 5.92 Å². The van der Waals surface area contributed by atoms with E-state index in [0.29, 0.717) is 25.8 Å². The summed E-state index contributed by atoms with van der Waals surface area (Å²) in [6.45, 7) is 2.21. The van der Waals surface area contributed by atoms with Crippen molar-refractivity contribution >= 4 is 17.8 Å². The predicted octanol–water partition coefficient (Wildman–Crippen LogP) is -0.413. The molecule has 2 aliphatic rings. The van der Waals surface area contributed by atoms with E-state index in [0.717, 1.165) is 0 Å². The van der Waals surface area contributed by atoms with Gasteiger partial charge in [-0.05, 0) is 19.8 Å². The Bertz CT molecular complexity index is 368. The molecule has 2 aliphatic heterocycles. The van der Waals surface area contributed by atoms with E-state index in [1.807, 2.05) is 0 Å². The van der Waals surface area contributed by atoms with Gasteiger partial charge in [0.25, 0.3) is 0 Å². The van der Waals surface area contributed by atoms with Gasteiger partial charge in [0.15, 0.2) is 0 Å². The van der Waals surface area contributed by atoms with E-state index in [-0.39, 0.29) is 17.9 Å². The van der Waals surface area contributed by atoms with Gasteiger partial charge in [0.2, 0.25) is 11.8 Å². The van der Waals surface area contributed by atoms with E-state index in [9.17, 15) is 14.4 Å². The van der Waals surface area contributed by atoms with Crippen LogP contribution in [-0.2, 0) is 14.4 Å². The van der Waals surface area contributed by atoms with Gasteiger partial charge in [-0.15, -0.1) is 0 Å². The minimum absolute atomic E-state index is 0.106. The number of nitrogens with zero attached hydrogens (tertiary/aromatic N) is 1. The molecule has 2 saturated heterocycles. The molecule has 0 spiro atoms. The summed E-state index contributed by atoms with van der Waals surface area (Å²) in [4.78, 5) is 35.7. The predicted molar refractivity (Wildman–Crippen MR) is 58.1 cm³/mol. The van der Waals surface area contributed by atoms with Crippen LogP contribution in [0.2, 0.25) is 0 Å². The molecule has 2 rings (SSSR count). The van der Waals surface area contributed by atoms with E-state index >= 15 is 0 Å². The lowest BCUT2D eigenvalue weighted by atomic mass is 10.0. The number of carboxylic acid groups (broad SMARTS) is 1. The Labute approximate surface area is 99.0 Å². The molecule has 0 aromatic rings. The fraction of sp³-hybridized carbons (Fsp3) is 0.727. The molecule has 6 nitrogen and oxygen atoms in total. The molecular formula is C11H16N2O4. The number of carbonyl (C=O) groups excluding carboxylic acids is 2. The Kier molecular flexibility index (Phi) is 3.04. The van der Waals surface area contributed by atoms with Crippen molar-refractivity contribution in [2.45, 2.75) is 38.3 Å². The van der Waals surface area contributed by atoms with E-state index in [1.165, 1.54) is 0 Å². The summed E-state index contributed by atoms with van der Waals surface area (Å²) >= 11 is 0. The van der Waals surface area contributed by atoms with Crippen LogP contribution in [0.15, 0.2) is 0 Å². The zero-order valence-electron chi connectivity index (χ0n) is 9.68. The number of nitrogens with one attached hydrogen (secondary N) is 1. The van der Waals surface area contributed by atoms with Crippen LogP contribution < -0.4 is 5.32 Å². The molecule has 0 saturated carbocycles. The summed E-state index contributed by atoms with van der Waals surface area (Å²) in [5.74, 6) is -1.60. The lowest BCUT2D eigenvalue weighted by Crippen LogP contribution is -2.47. The van der Waals surface area contributed by atoms with Crippen molar-refractivity contribution in [3.8, 4) is 0 Å². The summed E-state index contributed by atoms with van der Waals surface area (Å²) < 4.78 is 0. The smallest absolute Gasteiger partial charge is 0.308 e. The van der Waals surface area contributed by atoms with Gasteiger partial charge in [-0.25, -0.2) is 0 Å². The van der Waals surface area contributed by atoms with Crippen LogP contribution in [0.5, 0.6) is 0 Å². The number of rotatable bonds is 2. The zero-order chi connectivity index (χ0) is 12.6. The summed E-state index contributed by atoms with van der Waals surface area (Å²) in [5, 5.41) is 11.6. The van der Waals surface area contributed by atoms with Gasteiger partial charge in [0, 0.05) is 19.0 Å². The van der Waals surface area contributed by atoms with Crippen molar-refractivity contribution in [3.05, 3.63) is 0 Å². The topological polar surface area (TPSA) is 86.7 Å². The Morgan fingerprint density at radius 1 is 1.41 bits per heavy atom. The zero-order valence-corrected chi connectivity index (χ0v) is 9.68. The molecule has 6 heteroatoms. The van der Waals surface area contributed by atoms with Gasteiger partial charge in [0.1, 0.15) is 6.04 Å². The maximum atomic E-state index is 12.1. The molecule has 94 valence electrons. The molecule has 3 atom stereocenters. The average Bonchev–Trinajstić information content (AvgIpc) is 2.83. The van der Waals surface area contributed by atoms with Crippen LogP contribution in [0.4, 0.5) is 0 Å². The van der Waals surface area contributed by atoms with E-state index < -0.39 is 17.9 Å². The molecule has 2 amide bonds. The molecular weight excluding hydrogens is 224 g/mol. The van der Waals surface area contributed by atoms with Crippen molar-refractivity contribution < 1.29 is 19.5 Å². The number of hydrogen-bond acceptors (Lipinski definition) is 3. The number of amides is 2. The highest BCUT2D eigenvalue weighted by atomic mass is 16.4. The first kappa shape index (κ1) is 11.9. The Hall–Kier alpha value is -1.59. The first-order chi connectivity index (χ1) is 8.00. The van der Waals surface area contributed by atoms with Crippen molar-refractivity contribution in [2.24, 2.45) is 5.92 Å². The third-order valence-corrected chi connectivity index (χ3v) is 3.65. The standard InChI is InChI=1S/C11H16N2O4/c1-6-7(11(16)17)4-5-13(6)10(15)8-2-3-9(14)12-8/h6-8H,2-5H2,1H3,(H,12,14)(H,16,17). The van der Waals surface area contributed by atoms with Crippen LogP contribution >= 0.6 is 0 Å². The lowest BCUT2D eigenvalue weighted by molar-refractivity contribution is -0.143. The van der Waals surface area contributed by atoms with Crippen molar-refractivity contribution in [1.29, 1.82) is 0 Å². The maximum absolute atomic E-state index is 12.1. The number of likely N-dealkylation sites (tertiary alicyclic amines) is 1. The van der Waals surface area contributed by atoms with Gasteiger partial charge >= 0.3 is 5.97 Å². The second-order valence-electron chi connectivity index (χ2n) is 4.66. The van der Waals surface area contributed by atoms with Crippen molar-refractivity contribution in [1.82, 2.24) is 10.2 Å². The van der Waals surface area contributed by atoms with Crippen LogP contribution in [0, 0.1) is 5.92 Å². The summed E-state index contributed by atoms with van der Waals surface area (Å²) in [7, 11) is 0. The van der Waals surface area contributed by atoms with Crippen molar-refractivity contribution in [3.63, 3.8) is 0 Å². The summed E-state index contributed by atoms with van der Waals surface area (Å²) in [5.41, 5.74) is 0. The minimum Gasteiger partial charge on any atom is -0.481 e. The van der Waals surface area contributed by atoms with Crippen LogP contribution in [0.1, 0.15) is 26.2 Å². The second kappa shape index (κ2) is 4.35. The van der Waals surface area contributed by atoms with Crippen LogP contribution in [0.3, 0.4) is 0 Å². The molecule has 2 fully saturated rings. The van der Waals surface area contributed by atoms with Crippen molar-refractivity contribution in [2.75, 3.05) is 6.54 Å². The first-order valence-electron chi connectivity index (χ1n) is 5.83. The SMILES string of the molecule is CC1C(C(=O)O)CCN1C(=O)C1CCC(=O)N1. The minimum atomic E-state index is -0.858. The number of carbonyl (C=O) groups is 3. The quantitative estimate of drug-likeness (QED) is 0.686. The maximum Gasteiger partial charge on any atom is 0.308 e. The fourth-order valence-electron chi connectivity index (χ4n) is 2.58. The molecule has 0 bridgehead atoms. The molecule has 2 N–H and O–H groups in total. The largest absolute Gasteiger partial charge is 0.481 e. The molecule has 17 heavy (non-hydrogen) atoms. The van der Waals surface area contributed by atoms with E-state index in [1.54, 1.807) is 11.8 Å². The van der Waals surface area contributed by atoms with Crippen LogP contribution in [0.25, 0.3) is 0 Å². The molecule has 3 unspecified atom stereocenters. The average molecular weight is 240 g/mol. The normalized spacial score (nSPS) is 32.6. The first-order valence-corrected chi connectivity index (χ1v) is 5.83. The summed E-state index contributed by atoms with van der Waals surface area (Å²) in [6, 6.07) is -0.755. The highest BCUT2D eigenvalue weighted by Gasteiger charge is 2.41. The Morgan fingerprint density at radius 3 is 2.59 bits per heavy atom. The monoisotopic (exact) mass is 240 g/mol. The van der Waals surface area contributed by atoms with E-state index in [2.05, 4.69) is 5.32 Å². The Morgan fingerprint density at radius 2 is 2.12 bits per heavy atom. The van der Waals surface area contributed by atoms with Gasteiger partial charge < -0.3 is 15.3 Å². The molecule has 0 aliphatic carbocycles. The third kappa shape index (κ3) is 2.11.